The van der Waals surface area contributed by atoms with Crippen molar-refractivity contribution in [3.05, 3.63) is 35.9 Å². The number of nitrogens with zero attached hydrogens (tertiary/aromatic N) is 5. The summed E-state index contributed by atoms with van der Waals surface area (Å²) in [6.07, 6.45) is 1.77. The van der Waals surface area contributed by atoms with Gasteiger partial charge < -0.3 is 30.3 Å². The van der Waals surface area contributed by atoms with E-state index in [9.17, 15) is 23.1 Å². The first-order chi connectivity index (χ1) is 20.2. The molecule has 6 radical (unpaired) electrons. The molecule has 5 rings (SSSR count). The lowest BCUT2D eigenvalue weighted by atomic mass is 9.49. The summed E-state index contributed by atoms with van der Waals surface area (Å²) in [6.45, 7) is -0.0947. The van der Waals surface area contributed by atoms with Crippen LogP contribution in [0, 0.1) is 5.92 Å². The summed E-state index contributed by atoms with van der Waals surface area (Å²) in [7, 11) is 14.3. The van der Waals surface area contributed by atoms with Gasteiger partial charge in [-0.2, -0.15) is 9.29 Å². The minimum atomic E-state index is -3.66. The van der Waals surface area contributed by atoms with Crippen LogP contribution in [-0.4, -0.2) is 105 Å². The van der Waals surface area contributed by atoms with E-state index in [1.54, 1.807) is 18.2 Å². The molecule has 19 heteroatoms. The Labute approximate surface area is 250 Å². The van der Waals surface area contributed by atoms with E-state index in [0.29, 0.717) is 11.3 Å². The molecule has 2 atom stereocenters. The number of hydrogen-bond acceptors (Lipinski definition) is 12. The van der Waals surface area contributed by atoms with Gasteiger partial charge in [-0.15, -0.1) is 10.2 Å². The van der Waals surface area contributed by atoms with Gasteiger partial charge in [0.25, 0.3) is 5.91 Å². The number of aliphatic hydroxyl groups is 1. The first-order valence-electron chi connectivity index (χ1n) is 13.0. The lowest BCUT2D eigenvalue weighted by molar-refractivity contribution is -0.117. The average molecular weight is 602 g/mol. The van der Waals surface area contributed by atoms with Crippen molar-refractivity contribution in [2.24, 2.45) is 5.92 Å². The standard InChI is InChI=1S/C24H25B3N8O7S/c1-41-19-13(20-30-23(42-34-20)16-8-12(36)10-35(16)43(2,39)40)4-3-5-14(19)28-15-9-17(29-21(37)11-6-7-11)32-33-18(15)22(38)31-24(25,26)27/h3-5,9,11-12,16,36H,6-8,10H2,1-2H3,(H,31,38)(H2,28,29,32,37)/t12-,16+/m1/s1. The Morgan fingerprint density at radius 3 is 2.58 bits per heavy atom. The van der Waals surface area contributed by atoms with Crippen molar-refractivity contribution < 1.29 is 32.4 Å². The lowest BCUT2D eigenvalue weighted by Crippen LogP contribution is -2.50. The molecule has 3 aromatic rings. The zero-order valence-corrected chi connectivity index (χ0v) is 24.0. The fourth-order valence-electron chi connectivity index (χ4n) is 4.58. The van der Waals surface area contributed by atoms with Crippen LogP contribution in [0.3, 0.4) is 0 Å². The number of nitrogens with one attached hydrogen (secondary N) is 3. The molecule has 2 amide bonds. The Morgan fingerprint density at radius 2 is 1.93 bits per heavy atom. The van der Waals surface area contributed by atoms with Crippen LogP contribution in [0.15, 0.2) is 28.8 Å². The second-order valence-electron chi connectivity index (χ2n) is 10.3. The van der Waals surface area contributed by atoms with Gasteiger partial charge in [-0.3, -0.25) is 9.59 Å². The van der Waals surface area contributed by atoms with Crippen LogP contribution in [-0.2, 0) is 14.8 Å². The van der Waals surface area contributed by atoms with Gasteiger partial charge in [-0.25, -0.2) is 8.42 Å². The van der Waals surface area contributed by atoms with Gasteiger partial charge in [0.05, 0.1) is 59.9 Å². The van der Waals surface area contributed by atoms with E-state index in [1.165, 1.54) is 13.2 Å². The molecule has 2 fully saturated rings. The van der Waals surface area contributed by atoms with Crippen LogP contribution in [0.1, 0.15) is 41.7 Å². The maximum atomic E-state index is 12.9. The molecule has 1 aliphatic heterocycles. The first-order valence-corrected chi connectivity index (χ1v) is 14.9. The summed E-state index contributed by atoms with van der Waals surface area (Å²) in [5, 5.41) is 27.8. The first kappa shape index (κ1) is 30.5. The molecule has 2 aromatic heterocycles. The third kappa shape index (κ3) is 7.00. The third-order valence-electron chi connectivity index (χ3n) is 6.65. The van der Waals surface area contributed by atoms with E-state index in [-0.39, 0.29) is 59.5 Å². The highest BCUT2D eigenvalue weighted by Crippen LogP contribution is 2.39. The highest BCUT2D eigenvalue weighted by atomic mass is 32.2. The van der Waals surface area contributed by atoms with Gasteiger partial charge in [0.2, 0.25) is 27.6 Å². The smallest absolute Gasteiger partial charge is 0.272 e. The van der Waals surface area contributed by atoms with Crippen molar-refractivity contribution >= 4 is 62.6 Å². The zero-order chi connectivity index (χ0) is 31.1. The molecule has 0 bridgehead atoms. The second kappa shape index (κ2) is 11.6. The summed E-state index contributed by atoms with van der Waals surface area (Å²) >= 11 is 0. The Balaban J connectivity index is 1.49. The molecule has 4 N–H and O–H groups in total. The van der Waals surface area contributed by atoms with Gasteiger partial charge in [0.1, 0.15) is 6.04 Å². The Bertz CT molecular complexity index is 1660. The number of ether oxygens (including phenoxy) is 1. The van der Waals surface area contributed by atoms with Crippen molar-refractivity contribution in [2.45, 2.75) is 36.6 Å². The van der Waals surface area contributed by atoms with E-state index < -0.39 is 33.3 Å². The molecule has 0 spiro atoms. The van der Waals surface area contributed by atoms with Gasteiger partial charge >= 0.3 is 0 Å². The van der Waals surface area contributed by atoms with E-state index in [4.69, 9.17) is 32.8 Å². The van der Waals surface area contributed by atoms with Crippen molar-refractivity contribution in [1.29, 1.82) is 0 Å². The number of anilines is 3. The predicted octanol–water partition coefficient (Wildman–Crippen LogP) is -0.459. The van der Waals surface area contributed by atoms with Crippen LogP contribution in [0.4, 0.5) is 17.2 Å². The number of aromatic nitrogens is 4. The second-order valence-corrected chi connectivity index (χ2v) is 12.3. The minimum Gasteiger partial charge on any atom is -0.494 e. The van der Waals surface area contributed by atoms with Gasteiger partial charge in [0.15, 0.2) is 17.3 Å². The highest BCUT2D eigenvalue weighted by molar-refractivity contribution is 7.88. The van der Waals surface area contributed by atoms with Crippen LogP contribution < -0.4 is 20.7 Å². The third-order valence-corrected chi connectivity index (χ3v) is 7.91. The van der Waals surface area contributed by atoms with E-state index in [2.05, 4.69) is 36.3 Å². The number of β-amino-alcohol motifs (C(OH)–C–C–N with tert-alkyl or cyclic N) is 1. The van der Waals surface area contributed by atoms with E-state index >= 15 is 0 Å². The molecule has 43 heavy (non-hydrogen) atoms. The number of methoxy groups -OCH3 is 1. The highest BCUT2D eigenvalue weighted by Gasteiger charge is 2.41. The molecular formula is C24H25B3N8O7S. The summed E-state index contributed by atoms with van der Waals surface area (Å²) in [5.74, 6) is -0.801. The SMILES string of the molecule is [B]C([B])([B])NC(=O)c1nnc(NC(=O)C2CC2)cc1Nc1cccc(-c2noc([C@@H]3C[C@@H](O)CN3S(C)(=O)=O)n2)c1OC. The molecule has 15 nitrogen and oxygen atoms in total. The van der Waals surface area contributed by atoms with Crippen molar-refractivity contribution in [2.75, 3.05) is 30.5 Å². The number of amides is 2. The van der Waals surface area contributed by atoms with E-state index in [1.807, 2.05) is 0 Å². The summed E-state index contributed by atoms with van der Waals surface area (Å²) in [6, 6.07) is 5.48. The van der Waals surface area contributed by atoms with Gasteiger partial charge in [-0.1, -0.05) is 16.5 Å². The quantitative estimate of drug-likeness (QED) is 0.218. The van der Waals surface area contributed by atoms with Crippen molar-refractivity contribution in [1.82, 2.24) is 30.0 Å². The van der Waals surface area contributed by atoms with Gasteiger partial charge in [-0.05, 0) is 25.0 Å². The zero-order valence-electron chi connectivity index (χ0n) is 23.1. The normalized spacial score (nSPS) is 19.1. The van der Waals surface area contributed by atoms with Crippen molar-refractivity contribution in [3.8, 4) is 17.1 Å². The van der Waals surface area contributed by atoms with E-state index in [0.717, 1.165) is 23.4 Å². The number of sulfonamides is 1. The summed E-state index contributed by atoms with van der Waals surface area (Å²) in [4.78, 5) is 29.6. The molecule has 2 aliphatic rings. The van der Waals surface area contributed by atoms with Gasteiger partial charge in [0, 0.05) is 24.9 Å². The maximum absolute atomic E-state index is 12.9. The molecular weight excluding hydrogens is 577 g/mol. The van der Waals surface area contributed by atoms with Crippen LogP contribution in [0.5, 0.6) is 5.75 Å². The maximum Gasteiger partial charge on any atom is 0.272 e. The molecule has 1 aliphatic carbocycles. The number of benzene rings is 1. The fraction of sp³-hybridized carbons (Fsp3) is 0.417. The fourth-order valence-corrected chi connectivity index (χ4v) is 5.66. The minimum absolute atomic E-state index is 0.000403. The molecule has 1 aromatic carbocycles. The molecule has 218 valence electrons. The number of carbonyl (C=O) groups excluding carboxylic acids is 2. The number of aliphatic hydroxyl groups excluding tert-OH is 1. The summed E-state index contributed by atoms with van der Waals surface area (Å²) < 4.78 is 36.6. The Morgan fingerprint density at radius 1 is 1.19 bits per heavy atom. The topological polar surface area (TPSA) is 202 Å². The molecule has 0 unspecified atom stereocenters. The Hall–Kier alpha value is -3.96. The number of hydrogen-bond donors (Lipinski definition) is 4. The summed E-state index contributed by atoms with van der Waals surface area (Å²) in [5.41, 5.74) is 0.523. The lowest BCUT2D eigenvalue weighted by Gasteiger charge is -2.23. The van der Waals surface area contributed by atoms with Crippen molar-refractivity contribution in [3.63, 3.8) is 0 Å². The monoisotopic (exact) mass is 602 g/mol. The molecule has 1 saturated carbocycles. The Kier molecular flexibility index (Phi) is 8.24. The average Bonchev–Trinajstić information content (AvgIpc) is 3.52. The molecule has 1 saturated heterocycles. The van der Waals surface area contributed by atoms with Crippen LogP contribution in [0.25, 0.3) is 11.4 Å². The number of carbonyl (C=O) groups is 2. The number of rotatable bonds is 10. The largest absolute Gasteiger partial charge is 0.494 e. The van der Waals surface area contributed by atoms with Crippen LogP contribution >= 0.6 is 0 Å². The number of para-hydroxylation sites is 1. The van der Waals surface area contributed by atoms with Crippen LogP contribution in [0.2, 0.25) is 0 Å². The molecule has 3 heterocycles. The predicted molar refractivity (Wildman–Crippen MR) is 155 cm³/mol.